The Morgan fingerprint density at radius 1 is 1.19 bits per heavy atom. The van der Waals surface area contributed by atoms with Crippen molar-refractivity contribution in [1.29, 1.82) is 0 Å². The molecule has 0 saturated carbocycles. The molecule has 2 aromatic carbocycles. The van der Waals surface area contributed by atoms with E-state index in [0.29, 0.717) is 5.56 Å². The fraction of sp³-hybridized carbons (Fsp3) is 0.250. The van der Waals surface area contributed by atoms with Crippen LogP contribution in [-0.4, -0.2) is 13.7 Å². The summed E-state index contributed by atoms with van der Waals surface area (Å²) < 4.78 is 21.1. The number of ether oxygens (including phenoxy) is 1. The van der Waals surface area contributed by atoms with Crippen molar-refractivity contribution >= 4 is 31.9 Å². The van der Waals surface area contributed by atoms with Crippen LogP contribution in [-0.2, 0) is 0 Å². The fourth-order valence-corrected chi connectivity index (χ4v) is 3.38. The van der Waals surface area contributed by atoms with Gasteiger partial charge >= 0.3 is 0 Å². The largest absolute Gasteiger partial charge is 0.497 e. The fourth-order valence-electron chi connectivity index (χ4n) is 2.23. The molecule has 0 bridgehead atoms. The van der Waals surface area contributed by atoms with Crippen LogP contribution in [0.25, 0.3) is 0 Å². The molecule has 0 heterocycles. The maximum absolute atomic E-state index is 14.3. The molecule has 21 heavy (non-hydrogen) atoms. The first-order valence-corrected chi connectivity index (χ1v) is 8.17. The Balaban J connectivity index is 2.53. The first-order chi connectivity index (χ1) is 10.1. The van der Waals surface area contributed by atoms with Crippen LogP contribution < -0.4 is 10.1 Å². The Hall–Kier alpha value is -0.910. The van der Waals surface area contributed by atoms with Crippen LogP contribution >= 0.6 is 31.9 Å². The van der Waals surface area contributed by atoms with Gasteiger partial charge in [-0.25, -0.2) is 4.39 Å². The average Bonchev–Trinajstić information content (AvgIpc) is 2.46. The highest BCUT2D eigenvalue weighted by Crippen LogP contribution is 2.35. The molecule has 0 amide bonds. The molecular weight excluding hydrogens is 401 g/mol. The minimum Gasteiger partial charge on any atom is -0.497 e. The predicted molar refractivity (Wildman–Crippen MR) is 90.3 cm³/mol. The Labute approximate surface area is 141 Å². The van der Waals surface area contributed by atoms with Gasteiger partial charge in [-0.2, -0.15) is 0 Å². The van der Waals surface area contributed by atoms with E-state index < -0.39 is 0 Å². The van der Waals surface area contributed by atoms with Crippen molar-refractivity contribution in [3.05, 3.63) is 62.3 Å². The molecule has 0 radical (unpaired) electrons. The van der Waals surface area contributed by atoms with Crippen LogP contribution in [0.4, 0.5) is 4.39 Å². The summed E-state index contributed by atoms with van der Waals surface area (Å²) in [6, 6.07) is 10.5. The first-order valence-electron chi connectivity index (χ1n) is 6.59. The lowest BCUT2D eigenvalue weighted by Crippen LogP contribution is -2.23. The standard InChI is InChI=1S/C16H16Br2FNO/c1-3-20-16(15-12(17)5-4-6-14(15)19)11-8-7-10(21-2)9-13(11)18/h4-9,16,20H,3H2,1-2H3. The van der Waals surface area contributed by atoms with Gasteiger partial charge in [0.05, 0.1) is 13.2 Å². The molecular formula is C16H16Br2FNO. The van der Waals surface area contributed by atoms with Crippen molar-refractivity contribution in [3.8, 4) is 5.75 Å². The molecule has 0 aliphatic carbocycles. The zero-order chi connectivity index (χ0) is 15.4. The second-order valence-electron chi connectivity index (χ2n) is 4.51. The first kappa shape index (κ1) is 16.5. The number of methoxy groups -OCH3 is 1. The van der Waals surface area contributed by atoms with Crippen LogP contribution in [0.5, 0.6) is 5.75 Å². The van der Waals surface area contributed by atoms with Gasteiger partial charge in [0, 0.05) is 14.5 Å². The van der Waals surface area contributed by atoms with E-state index >= 15 is 0 Å². The third-order valence-electron chi connectivity index (χ3n) is 3.22. The van der Waals surface area contributed by atoms with Crippen molar-refractivity contribution in [3.63, 3.8) is 0 Å². The van der Waals surface area contributed by atoms with Crippen LogP contribution in [0.15, 0.2) is 45.3 Å². The Kier molecular flexibility index (Phi) is 5.79. The summed E-state index contributed by atoms with van der Waals surface area (Å²) in [4.78, 5) is 0. The lowest BCUT2D eigenvalue weighted by atomic mass is 9.98. The maximum atomic E-state index is 14.3. The van der Waals surface area contributed by atoms with E-state index in [1.54, 1.807) is 13.2 Å². The van der Waals surface area contributed by atoms with Gasteiger partial charge in [0.2, 0.25) is 0 Å². The summed E-state index contributed by atoms with van der Waals surface area (Å²) in [6.07, 6.45) is 0. The van der Waals surface area contributed by atoms with E-state index in [1.165, 1.54) is 6.07 Å². The zero-order valence-corrected chi connectivity index (χ0v) is 15.0. The quantitative estimate of drug-likeness (QED) is 0.735. The number of halogens is 3. The van der Waals surface area contributed by atoms with Crippen molar-refractivity contribution in [2.45, 2.75) is 13.0 Å². The topological polar surface area (TPSA) is 21.3 Å². The van der Waals surface area contributed by atoms with Crippen LogP contribution in [0, 0.1) is 5.82 Å². The van der Waals surface area contributed by atoms with E-state index in [0.717, 1.165) is 26.8 Å². The zero-order valence-electron chi connectivity index (χ0n) is 11.8. The Morgan fingerprint density at radius 3 is 2.52 bits per heavy atom. The van der Waals surface area contributed by atoms with E-state index in [-0.39, 0.29) is 11.9 Å². The monoisotopic (exact) mass is 415 g/mol. The summed E-state index contributed by atoms with van der Waals surface area (Å²) in [7, 11) is 1.62. The van der Waals surface area contributed by atoms with Gasteiger partial charge in [0.15, 0.2) is 0 Å². The number of rotatable bonds is 5. The number of hydrogen-bond donors (Lipinski definition) is 1. The molecule has 0 aromatic heterocycles. The normalized spacial score (nSPS) is 12.2. The van der Waals surface area contributed by atoms with Crippen LogP contribution in [0.2, 0.25) is 0 Å². The minimum absolute atomic E-state index is 0.238. The van der Waals surface area contributed by atoms with Gasteiger partial charge in [-0.05, 0) is 36.4 Å². The maximum Gasteiger partial charge on any atom is 0.129 e. The molecule has 0 aliphatic rings. The highest BCUT2D eigenvalue weighted by molar-refractivity contribution is 9.10. The van der Waals surface area contributed by atoms with Crippen molar-refractivity contribution in [2.24, 2.45) is 0 Å². The molecule has 0 aliphatic heterocycles. The lowest BCUT2D eigenvalue weighted by Gasteiger charge is -2.22. The molecule has 0 fully saturated rings. The van der Waals surface area contributed by atoms with Gasteiger partial charge in [-0.3, -0.25) is 0 Å². The third kappa shape index (κ3) is 3.65. The van der Waals surface area contributed by atoms with Crippen molar-refractivity contribution in [2.75, 3.05) is 13.7 Å². The molecule has 0 saturated heterocycles. The molecule has 2 rings (SSSR count). The van der Waals surface area contributed by atoms with Gasteiger partial charge in [-0.1, -0.05) is 50.9 Å². The molecule has 1 N–H and O–H groups in total. The van der Waals surface area contributed by atoms with Gasteiger partial charge < -0.3 is 10.1 Å². The number of nitrogens with one attached hydrogen (secondary N) is 1. The average molecular weight is 417 g/mol. The van der Waals surface area contributed by atoms with E-state index in [4.69, 9.17) is 4.74 Å². The Bertz CT molecular complexity index is 613. The Morgan fingerprint density at radius 2 is 1.95 bits per heavy atom. The van der Waals surface area contributed by atoms with Crippen molar-refractivity contribution in [1.82, 2.24) is 5.32 Å². The third-order valence-corrected chi connectivity index (χ3v) is 4.59. The molecule has 1 unspecified atom stereocenters. The second kappa shape index (κ2) is 7.38. The summed E-state index contributed by atoms with van der Waals surface area (Å²) >= 11 is 6.99. The van der Waals surface area contributed by atoms with Gasteiger partial charge in [0.25, 0.3) is 0 Å². The molecule has 1 atom stereocenters. The van der Waals surface area contributed by atoms with Crippen LogP contribution in [0.1, 0.15) is 24.1 Å². The lowest BCUT2D eigenvalue weighted by molar-refractivity contribution is 0.414. The van der Waals surface area contributed by atoms with Gasteiger partial charge in [-0.15, -0.1) is 0 Å². The second-order valence-corrected chi connectivity index (χ2v) is 6.22. The highest BCUT2D eigenvalue weighted by Gasteiger charge is 2.22. The smallest absolute Gasteiger partial charge is 0.129 e. The molecule has 2 aromatic rings. The summed E-state index contributed by atoms with van der Waals surface area (Å²) in [5.41, 5.74) is 1.56. The SMILES string of the molecule is CCNC(c1ccc(OC)cc1Br)c1c(F)cccc1Br. The predicted octanol–water partition coefficient (Wildman–Crippen LogP) is 5.06. The molecule has 5 heteroatoms. The van der Waals surface area contributed by atoms with Gasteiger partial charge in [0.1, 0.15) is 11.6 Å². The molecule has 2 nitrogen and oxygen atoms in total. The highest BCUT2D eigenvalue weighted by atomic mass is 79.9. The summed E-state index contributed by atoms with van der Waals surface area (Å²) in [5, 5.41) is 3.33. The van der Waals surface area contributed by atoms with E-state index in [2.05, 4.69) is 37.2 Å². The number of hydrogen-bond acceptors (Lipinski definition) is 2. The van der Waals surface area contributed by atoms with E-state index in [9.17, 15) is 4.39 Å². The minimum atomic E-state index is -0.245. The summed E-state index contributed by atoms with van der Waals surface area (Å²) in [5.74, 6) is 0.520. The molecule has 0 spiro atoms. The number of benzene rings is 2. The summed E-state index contributed by atoms with van der Waals surface area (Å²) in [6.45, 7) is 2.73. The van der Waals surface area contributed by atoms with Crippen LogP contribution in [0.3, 0.4) is 0 Å². The van der Waals surface area contributed by atoms with Crippen molar-refractivity contribution < 1.29 is 9.13 Å². The van der Waals surface area contributed by atoms with E-state index in [1.807, 2.05) is 31.2 Å². The molecule has 112 valence electrons.